The van der Waals surface area contributed by atoms with Gasteiger partial charge in [-0.2, -0.15) is 5.10 Å². The number of halogens is 1. The molecule has 3 aromatic rings. The van der Waals surface area contributed by atoms with E-state index in [2.05, 4.69) is 25.5 Å². The molecular formula is C23H20FN5O3. The Morgan fingerprint density at radius 3 is 2.62 bits per heavy atom. The van der Waals surface area contributed by atoms with E-state index in [1.165, 1.54) is 18.5 Å². The molecule has 2 aliphatic rings. The van der Waals surface area contributed by atoms with E-state index in [0.717, 1.165) is 25.7 Å². The van der Waals surface area contributed by atoms with Gasteiger partial charge in [0.05, 0.1) is 30.4 Å². The summed E-state index contributed by atoms with van der Waals surface area (Å²) in [5.74, 6) is 0.103. The Labute approximate surface area is 183 Å². The molecule has 1 N–H and O–H groups in total. The SMILES string of the molecule is O=C(N/N=C/c1cc(OC2CC2)ccc1F)c1cncc(-c2ccc(OC3CC3)nc2)n1. The van der Waals surface area contributed by atoms with Gasteiger partial charge in [0.1, 0.15) is 23.4 Å². The van der Waals surface area contributed by atoms with E-state index in [1.807, 2.05) is 6.07 Å². The standard InChI is InChI=1S/C23H20FN5O3/c24-19-7-6-18(31-16-2-3-16)9-15(19)11-27-29-23(30)21-13-25-12-20(28-21)14-1-8-22(26-10-14)32-17-4-5-17/h1,6-13,16-17H,2-5H2,(H,29,30)/b27-11+. The Morgan fingerprint density at radius 2 is 1.88 bits per heavy atom. The number of carbonyl (C=O) groups excluding carboxylic acids is 1. The van der Waals surface area contributed by atoms with Crippen LogP contribution in [0.1, 0.15) is 41.7 Å². The number of carbonyl (C=O) groups is 1. The summed E-state index contributed by atoms with van der Waals surface area (Å²) in [6.45, 7) is 0. The van der Waals surface area contributed by atoms with Gasteiger partial charge in [0, 0.05) is 23.4 Å². The van der Waals surface area contributed by atoms with Crippen LogP contribution < -0.4 is 14.9 Å². The largest absolute Gasteiger partial charge is 0.490 e. The van der Waals surface area contributed by atoms with Crippen molar-refractivity contribution in [2.24, 2.45) is 5.10 Å². The van der Waals surface area contributed by atoms with Crippen LogP contribution in [-0.2, 0) is 0 Å². The number of amides is 1. The van der Waals surface area contributed by atoms with Crippen molar-refractivity contribution in [3.8, 4) is 22.9 Å². The number of hydrogen-bond donors (Lipinski definition) is 1. The van der Waals surface area contributed by atoms with Gasteiger partial charge in [-0.25, -0.2) is 19.8 Å². The molecule has 5 rings (SSSR count). The van der Waals surface area contributed by atoms with Gasteiger partial charge in [0.15, 0.2) is 0 Å². The third-order valence-electron chi connectivity index (χ3n) is 4.88. The molecule has 0 bridgehead atoms. The minimum atomic E-state index is -0.567. The van der Waals surface area contributed by atoms with Crippen LogP contribution in [0, 0.1) is 5.82 Å². The summed E-state index contributed by atoms with van der Waals surface area (Å²) in [5, 5.41) is 3.85. The lowest BCUT2D eigenvalue weighted by molar-refractivity contribution is 0.0950. The molecule has 0 aliphatic heterocycles. The zero-order valence-electron chi connectivity index (χ0n) is 17.1. The molecule has 32 heavy (non-hydrogen) atoms. The van der Waals surface area contributed by atoms with Gasteiger partial charge < -0.3 is 9.47 Å². The number of pyridine rings is 1. The van der Waals surface area contributed by atoms with Crippen molar-refractivity contribution in [3.63, 3.8) is 0 Å². The number of rotatable bonds is 8. The number of nitrogens with zero attached hydrogens (tertiary/aromatic N) is 4. The highest BCUT2D eigenvalue weighted by Crippen LogP contribution is 2.28. The van der Waals surface area contributed by atoms with Crippen LogP contribution in [0.2, 0.25) is 0 Å². The monoisotopic (exact) mass is 433 g/mol. The summed E-state index contributed by atoms with van der Waals surface area (Å²) >= 11 is 0. The molecule has 2 fully saturated rings. The lowest BCUT2D eigenvalue weighted by atomic mass is 10.2. The number of hydrogen-bond acceptors (Lipinski definition) is 7. The van der Waals surface area contributed by atoms with Crippen molar-refractivity contribution in [2.45, 2.75) is 37.9 Å². The predicted octanol–water partition coefficient (Wildman–Crippen LogP) is 3.52. The number of benzene rings is 1. The van der Waals surface area contributed by atoms with Crippen molar-refractivity contribution in [3.05, 3.63) is 66.0 Å². The van der Waals surface area contributed by atoms with E-state index in [-0.39, 0.29) is 23.5 Å². The van der Waals surface area contributed by atoms with Crippen LogP contribution in [0.25, 0.3) is 11.3 Å². The fourth-order valence-electron chi connectivity index (χ4n) is 2.86. The number of hydrazone groups is 1. The Hall–Kier alpha value is -3.88. The molecular weight excluding hydrogens is 413 g/mol. The normalized spacial score (nSPS) is 15.5. The highest BCUT2D eigenvalue weighted by molar-refractivity contribution is 5.93. The molecule has 162 valence electrons. The minimum absolute atomic E-state index is 0.0734. The third kappa shape index (κ3) is 5.05. The van der Waals surface area contributed by atoms with Crippen LogP contribution in [-0.4, -0.2) is 39.3 Å². The lowest BCUT2D eigenvalue weighted by Crippen LogP contribution is -2.19. The van der Waals surface area contributed by atoms with Crippen LogP contribution >= 0.6 is 0 Å². The molecule has 8 nitrogen and oxygen atoms in total. The van der Waals surface area contributed by atoms with Crippen molar-refractivity contribution in [1.82, 2.24) is 20.4 Å². The maximum absolute atomic E-state index is 14.0. The van der Waals surface area contributed by atoms with E-state index < -0.39 is 11.7 Å². The van der Waals surface area contributed by atoms with E-state index in [9.17, 15) is 9.18 Å². The first-order chi connectivity index (χ1) is 15.6. The number of nitrogens with one attached hydrogen (secondary N) is 1. The topological polar surface area (TPSA) is 98.6 Å². The fraction of sp³-hybridized carbons (Fsp3) is 0.261. The Morgan fingerprint density at radius 1 is 1.06 bits per heavy atom. The van der Waals surface area contributed by atoms with Crippen molar-refractivity contribution in [1.29, 1.82) is 0 Å². The molecule has 0 atom stereocenters. The van der Waals surface area contributed by atoms with Crippen LogP contribution in [0.4, 0.5) is 4.39 Å². The summed E-state index contributed by atoms with van der Waals surface area (Å²) in [4.78, 5) is 25.1. The first-order valence-electron chi connectivity index (χ1n) is 10.4. The lowest BCUT2D eigenvalue weighted by Gasteiger charge is -2.06. The molecule has 0 unspecified atom stereocenters. The summed E-state index contributed by atoms with van der Waals surface area (Å²) in [6.07, 6.45) is 10.3. The Bertz CT molecular complexity index is 1160. The summed E-state index contributed by atoms with van der Waals surface area (Å²) < 4.78 is 25.3. The van der Waals surface area contributed by atoms with E-state index >= 15 is 0 Å². The fourth-order valence-corrected chi connectivity index (χ4v) is 2.86. The Balaban J connectivity index is 1.24. The maximum atomic E-state index is 14.0. The maximum Gasteiger partial charge on any atom is 0.291 e. The average molecular weight is 433 g/mol. The quantitative estimate of drug-likeness (QED) is 0.431. The van der Waals surface area contributed by atoms with Crippen LogP contribution in [0.3, 0.4) is 0 Å². The van der Waals surface area contributed by atoms with E-state index in [1.54, 1.807) is 30.6 Å². The first-order valence-corrected chi connectivity index (χ1v) is 10.4. The second-order valence-electron chi connectivity index (χ2n) is 7.69. The van der Waals surface area contributed by atoms with Crippen LogP contribution in [0.5, 0.6) is 11.6 Å². The number of ether oxygens (including phenoxy) is 2. The van der Waals surface area contributed by atoms with E-state index in [4.69, 9.17) is 9.47 Å². The summed E-state index contributed by atoms with van der Waals surface area (Å²) in [5.41, 5.74) is 3.82. The van der Waals surface area contributed by atoms with Crippen molar-refractivity contribution < 1.29 is 18.7 Å². The molecule has 0 radical (unpaired) electrons. The molecule has 2 heterocycles. The number of aromatic nitrogens is 3. The molecule has 9 heteroatoms. The van der Waals surface area contributed by atoms with Gasteiger partial charge >= 0.3 is 0 Å². The predicted molar refractivity (Wildman–Crippen MR) is 114 cm³/mol. The molecule has 1 amide bonds. The third-order valence-corrected chi connectivity index (χ3v) is 4.88. The smallest absolute Gasteiger partial charge is 0.291 e. The van der Waals surface area contributed by atoms with Gasteiger partial charge in [-0.3, -0.25) is 9.78 Å². The zero-order valence-corrected chi connectivity index (χ0v) is 17.1. The van der Waals surface area contributed by atoms with Gasteiger partial charge in [-0.15, -0.1) is 0 Å². The second-order valence-corrected chi connectivity index (χ2v) is 7.69. The second kappa shape index (κ2) is 8.70. The van der Waals surface area contributed by atoms with Gasteiger partial charge in [-0.1, -0.05) is 0 Å². The molecule has 2 saturated carbocycles. The molecule has 2 aromatic heterocycles. The van der Waals surface area contributed by atoms with Crippen LogP contribution in [0.15, 0.2) is 54.0 Å². The molecule has 2 aliphatic carbocycles. The average Bonchev–Trinajstić information content (AvgIpc) is 3.74. The summed E-state index contributed by atoms with van der Waals surface area (Å²) in [7, 11) is 0. The van der Waals surface area contributed by atoms with E-state index in [0.29, 0.717) is 22.9 Å². The van der Waals surface area contributed by atoms with Crippen molar-refractivity contribution in [2.75, 3.05) is 0 Å². The zero-order chi connectivity index (χ0) is 21.9. The highest BCUT2D eigenvalue weighted by atomic mass is 19.1. The van der Waals surface area contributed by atoms with Gasteiger partial charge in [0.2, 0.25) is 5.88 Å². The molecule has 0 saturated heterocycles. The highest BCUT2D eigenvalue weighted by Gasteiger charge is 2.24. The molecule has 1 aromatic carbocycles. The van der Waals surface area contributed by atoms with Crippen molar-refractivity contribution >= 4 is 12.1 Å². The summed E-state index contributed by atoms with van der Waals surface area (Å²) in [6, 6.07) is 8.01. The molecule has 0 spiro atoms. The Kier molecular flexibility index (Phi) is 5.45. The first kappa shape index (κ1) is 20.0. The van der Waals surface area contributed by atoms with Gasteiger partial charge in [-0.05, 0) is 49.9 Å². The minimum Gasteiger partial charge on any atom is -0.490 e. The van der Waals surface area contributed by atoms with Gasteiger partial charge in [0.25, 0.3) is 5.91 Å².